The van der Waals surface area contributed by atoms with Crippen molar-refractivity contribution in [3.05, 3.63) is 89.6 Å². The monoisotopic (exact) mass is 474 g/mol. The van der Waals surface area contributed by atoms with Gasteiger partial charge in [-0.25, -0.2) is 9.59 Å². The number of rotatable bonds is 8. The van der Waals surface area contributed by atoms with Crippen LogP contribution < -0.4 is 5.32 Å². The number of aliphatic hydroxyl groups excluding tert-OH is 1. The minimum Gasteiger partial charge on any atom is -0.510 e. The number of aromatic carboxylic acids is 2. The van der Waals surface area contributed by atoms with E-state index in [0.29, 0.717) is 17.1 Å². The van der Waals surface area contributed by atoms with Crippen molar-refractivity contribution in [3.8, 4) is 0 Å². The maximum absolute atomic E-state index is 12.4. The highest BCUT2D eigenvalue weighted by Gasteiger charge is 2.14. The van der Waals surface area contributed by atoms with E-state index in [1.165, 1.54) is 49.5 Å². The zero-order valence-electron chi connectivity index (χ0n) is 18.2. The van der Waals surface area contributed by atoms with Gasteiger partial charge in [0.05, 0.1) is 40.1 Å². The van der Waals surface area contributed by atoms with Crippen molar-refractivity contribution in [1.82, 2.24) is 4.98 Å². The van der Waals surface area contributed by atoms with Crippen LogP contribution in [-0.4, -0.2) is 38.1 Å². The van der Waals surface area contributed by atoms with Crippen LogP contribution in [0.1, 0.15) is 27.6 Å². The van der Waals surface area contributed by atoms with E-state index in [2.05, 4.69) is 30.8 Å². The SMILES string of the molecule is CC(O)=C(N=Nc1ccc(N=Nc2cc(C(=O)O)cc(C(=O)O)c2)cc1)C(=O)Nc1cccnc1. The molecule has 12 nitrogen and oxygen atoms in total. The highest BCUT2D eigenvalue weighted by Crippen LogP contribution is 2.24. The summed E-state index contributed by atoms with van der Waals surface area (Å²) in [6.45, 7) is 1.30. The van der Waals surface area contributed by atoms with Crippen molar-refractivity contribution in [1.29, 1.82) is 0 Å². The molecule has 0 aliphatic carbocycles. The first-order valence-corrected chi connectivity index (χ1v) is 9.89. The normalized spacial score (nSPS) is 11.9. The lowest BCUT2D eigenvalue weighted by molar-refractivity contribution is -0.113. The fourth-order valence-electron chi connectivity index (χ4n) is 2.63. The van der Waals surface area contributed by atoms with E-state index in [0.717, 1.165) is 6.07 Å². The number of nitrogens with zero attached hydrogens (tertiary/aromatic N) is 5. The molecular formula is C23H18N6O6. The molecule has 1 amide bonds. The third kappa shape index (κ3) is 6.86. The van der Waals surface area contributed by atoms with Crippen LogP contribution in [0.15, 0.2) is 98.9 Å². The van der Waals surface area contributed by atoms with Gasteiger partial charge in [-0.15, -0.1) is 5.11 Å². The van der Waals surface area contributed by atoms with Gasteiger partial charge >= 0.3 is 11.9 Å². The molecule has 2 aromatic carbocycles. The summed E-state index contributed by atoms with van der Waals surface area (Å²) in [7, 11) is 0. The van der Waals surface area contributed by atoms with Gasteiger partial charge in [0, 0.05) is 6.20 Å². The molecule has 12 heteroatoms. The molecular weight excluding hydrogens is 456 g/mol. The molecule has 0 saturated carbocycles. The largest absolute Gasteiger partial charge is 0.510 e. The Bertz CT molecular complexity index is 1310. The molecule has 1 heterocycles. The van der Waals surface area contributed by atoms with E-state index >= 15 is 0 Å². The summed E-state index contributed by atoms with van der Waals surface area (Å²) in [5.74, 6) is -3.58. The van der Waals surface area contributed by atoms with Crippen LogP contribution in [0.2, 0.25) is 0 Å². The third-order valence-electron chi connectivity index (χ3n) is 4.28. The number of amides is 1. The minimum atomic E-state index is -1.29. The lowest BCUT2D eigenvalue weighted by Gasteiger charge is -2.05. The average molecular weight is 474 g/mol. The Labute approximate surface area is 198 Å². The number of benzene rings is 2. The van der Waals surface area contributed by atoms with Crippen LogP contribution in [0.5, 0.6) is 0 Å². The lowest BCUT2D eigenvalue weighted by atomic mass is 10.1. The number of nitrogens with one attached hydrogen (secondary N) is 1. The molecule has 0 aliphatic rings. The first-order chi connectivity index (χ1) is 16.7. The van der Waals surface area contributed by atoms with Crippen molar-refractivity contribution >= 4 is 40.6 Å². The standard InChI is InChI=1S/C23H18N6O6/c1-13(30)20(21(31)25-18-3-2-8-24-12-18)29-27-17-6-4-16(5-7-17)26-28-19-10-14(22(32)33)9-15(11-19)23(34)35/h2-12,30H,1H3,(H,25,31)(H,32,33)(H,34,35). The van der Waals surface area contributed by atoms with Crippen LogP contribution in [-0.2, 0) is 4.79 Å². The topological polar surface area (TPSA) is 186 Å². The van der Waals surface area contributed by atoms with Gasteiger partial charge in [0.2, 0.25) is 0 Å². The number of carboxylic acids is 2. The lowest BCUT2D eigenvalue weighted by Crippen LogP contribution is -2.14. The molecule has 0 atom stereocenters. The first kappa shape index (κ1) is 24.4. The van der Waals surface area contributed by atoms with Crippen LogP contribution in [0.3, 0.4) is 0 Å². The van der Waals surface area contributed by atoms with Crippen LogP contribution in [0.4, 0.5) is 22.7 Å². The number of allylic oxidation sites excluding steroid dienone is 1. The molecule has 0 radical (unpaired) electrons. The summed E-state index contributed by atoms with van der Waals surface area (Å²) >= 11 is 0. The predicted octanol–water partition coefficient (Wildman–Crippen LogP) is 5.41. The van der Waals surface area contributed by atoms with Crippen LogP contribution >= 0.6 is 0 Å². The summed E-state index contributed by atoms with van der Waals surface area (Å²) in [5, 5.41) is 46.3. The van der Waals surface area contributed by atoms with Crippen molar-refractivity contribution < 1.29 is 29.7 Å². The second-order valence-electron chi connectivity index (χ2n) is 6.93. The Kier molecular flexibility index (Phi) is 7.70. The summed E-state index contributed by atoms with van der Waals surface area (Å²) in [4.78, 5) is 38.6. The Morgan fingerprint density at radius 1 is 0.800 bits per heavy atom. The van der Waals surface area contributed by atoms with Gasteiger partial charge in [-0.1, -0.05) is 0 Å². The quantitative estimate of drug-likeness (QED) is 0.191. The second kappa shape index (κ2) is 11.0. The number of hydrogen-bond acceptors (Lipinski definition) is 9. The smallest absolute Gasteiger partial charge is 0.335 e. The molecule has 0 aliphatic heterocycles. The molecule has 35 heavy (non-hydrogen) atoms. The Morgan fingerprint density at radius 3 is 1.89 bits per heavy atom. The van der Waals surface area contributed by atoms with Gasteiger partial charge in [-0.2, -0.15) is 15.3 Å². The average Bonchev–Trinajstić information content (AvgIpc) is 2.83. The number of pyridine rings is 1. The number of anilines is 1. The second-order valence-corrected chi connectivity index (χ2v) is 6.93. The summed E-state index contributed by atoms with van der Waals surface area (Å²) in [6.07, 6.45) is 2.99. The van der Waals surface area contributed by atoms with E-state index < -0.39 is 17.8 Å². The Morgan fingerprint density at radius 2 is 1.37 bits per heavy atom. The van der Waals surface area contributed by atoms with E-state index in [1.807, 2.05) is 0 Å². The number of aromatic nitrogens is 1. The Balaban J connectivity index is 1.73. The van der Waals surface area contributed by atoms with Crippen molar-refractivity contribution in [2.75, 3.05) is 5.32 Å². The molecule has 0 bridgehead atoms. The van der Waals surface area contributed by atoms with Gasteiger partial charge in [0.1, 0.15) is 5.76 Å². The van der Waals surface area contributed by atoms with Gasteiger partial charge in [-0.05, 0) is 61.5 Å². The fourth-order valence-corrected chi connectivity index (χ4v) is 2.63. The zero-order chi connectivity index (χ0) is 25.4. The van der Waals surface area contributed by atoms with Gasteiger partial charge < -0.3 is 20.6 Å². The number of hydrogen-bond donors (Lipinski definition) is 4. The van der Waals surface area contributed by atoms with Crippen molar-refractivity contribution in [2.45, 2.75) is 6.92 Å². The first-order valence-electron chi connectivity index (χ1n) is 9.89. The maximum Gasteiger partial charge on any atom is 0.335 e. The summed E-state index contributed by atoms with van der Waals surface area (Å²) in [5.41, 5.74) is 0.438. The molecule has 3 aromatic rings. The van der Waals surface area contributed by atoms with Crippen molar-refractivity contribution in [2.24, 2.45) is 20.5 Å². The van der Waals surface area contributed by atoms with Crippen LogP contribution in [0, 0.1) is 0 Å². The molecule has 3 rings (SSSR count). The fraction of sp³-hybridized carbons (Fsp3) is 0.0435. The van der Waals surface area contributed by atoms with Crippen LogP contribution in [0.25, 0.3) is 0 Å². The minimum absolute atomic E-state index is 0.0545. The molecule has 1 aromatic heterocycles. The van der Waals surface area contributed by atoms with E-state index in [1.54, 1.807) is 18.3 Å². The molecule has 0 saturated heterocycles. The highest BCUT2D eigenvalue weighted by atomic mass is 16.4. The number of aliphatic hydroxyl groups is 1. The molecule has 176 valence electrons. The highest BCUT2D eigenvalue weighted by molar-refractivity contribution is 6.03. The third-order valence-corrected chi connectivity index (χ3v) is 4.28. The number of carboxylic acid groups (broad SMARTS) is 2. The van der Waals surface area contributed by atoms with E-state index in [9.17, 15) is 19.5 Å². The Hall–Kier alpha value is -5.26. The van der Waals surface area contributed by atoms with Gasteiger partial charge in [0.15, 0.2) is 5.70 Å². The number of azo groups is 2. The molecule has 0 fully saturated rings. The summed E-state index contributed by atoms with van der Waals surface area (Å²) in [6, 6.07) is 12.8. The summed E-state index contributed by atoms with van der Waals surface area (Å²) < 4.78 is 0. The van der Waals surface area contributed by atoms with Gasteiger partial charge in [-0.3, -0.25) is 9.78 Å². The molecule has 4 N–H and O–H groups in total. The van der Waals surface area contributed by atoms with Gasteiger partial charge in [0.25, 0.3) is 5.91 Å². The molecule has 0 unspecified atom stereocenters. The zero-order valence-corrected chi connectivity index (χ0v) is 18.2. The maximum atomic E-state index is 12.4. The molecule has 0 spiro atoms. The van der Waals surface area contributed by atoms with E-state index in [4.69, 9.17) is 10.2 Å². The predicted molar refractivity (Wildman–Crippen MR) is 124 cm³/mol. The number of carbonyl (C=O) groups is 3. The van der Waals surface area contributed by atoms with Crippen molar-refractivity contribution in [3.63, 3.8) is 0 Å². The van der Waals surface area contributed by atoms with E-state index in [-0.39, 0.29) is 28.3 Å². The number of carbonyl (C=O) groups excluding carboxylic acids is 1.